The zero-order chi connectivity index (χ0) is 22.6. The summed E-state index contributed by atoms with van der Waals surface area (Å²) in [6, 6.07) is 24.6. The second-order valence-corrected chi connectivity index (χ2v) is 8.74. The summed E-state index contributed by atoms with van der Waals surface area (Å²) >= 11 is 0. The first kappa shape index (κ1) is 21.2. The Morgan fingerprint density at radius 2 is 1.67 bits per heavy atom. The summed E-state index contributed by atoms with van der Waals surface area (Å²) in [5, 5.41) is 6.73. The van der Waals surface area contributed by atoms with Crippen molar-refractivity contribution in [2.24, 2.45) is 5.73 Å². The van der Waals surface area contributed by atoms with Crippen molar-refractivity contribution >= 4 is 17.4 Å². The van der Waals surface area contributed by atoms with Gasteiger partial charge in [-0.3, -0.25) is 9.20 Å². The minimum atomic E-state index is -0.0546. The second-order valence-electron chi connectivity index (χ2n) is 8.74. The van der Waals surface area contributed by atoms with Gasteiger partial charge in [0.2, 0.25) is 0 Å². The van der Waals surface area contributed by atoms with Gasteiger partial charge in [-0.15, -0.1) is 0 Å². The molecule has 1 amide bonds. The van der Waals surface area contributed by atoms with E-state index >= 15 is 0 Å². The van der Waals surface area contributed by atoms with Crippen LogP contribution in [0.2, 0.25) is 0 Å². The lowest BCUT2D eigenvalue weighted by Crippen LogP contribution is -2.40. The molecule has 0 spiro atoms. The summed E-state index contributed by atoms with van der Waals surface area (Å²) < 4.78 is 2.02. The molecule has 2 heterocycles. The Balaban J connectivity index is 1.44. The van der Waals surface area contributed by atoms with Gasteiger partial charge in [0, 0.05) is 36.0 Å². The molecule has 0 saturated heterocycles. The summed E-state index contributed by atoms with van der Waals surface area (Å²) in [7, 11) is 0. The predicted octanol–water partition coefficient (Wildman–Crippen LogP) is 4.61. The molecule has 0 aliphatic heterocycles. The van der Waals surface area contributed by atoms with E-state index in [1.54, 1.807) is 0 Å². The van der Waals surface area contributed by atoms with Crippen LogP contribution in [0.3, 0.4) is 0 Å². The number of benzene rings is 2. The van der Waals surface area contributed by atoms with Gasteiger partial charge in [0.1, 0.15) is 17.2 Å². The Hall–Kier alpha value is -3.64. The molecule has 5 rings (SSSR count). The molecule has 0 unspecified atom stereocenters. The number of hydrogen-bond donors (Lipinski definition) is 3. The molecule has 168 valence electrons. The molecule has 1 aliphatic rings. The standard InChI is InChI=1S/C27H29N5O/c28-22-11-13-23(14-12-22)30-27(33)21-15-16-32-24(17-21)31-25(20-9-5-2-6-10-20)26(32)29-18-19-7-3-1-4-8-19/h1-10,15-17,22-23,29H,11-14,18,28H2,(H,30,33). The van der Waals surface area contributed by atoms with E-state index < -0.39 is 0 Å². The number of nitrogens with one attached hydrogen (secondary N) is 2. The van der Waals surface area contributed by atoms with Gasteiger partial charge in [-0.25, -0.2) is 4.98 Å². The van der Waals surface area contributed by atoms with Crippen molar-refractivity contribution < 1.29 is 4.79 Å². The van der Waals surface area contributed by atoms with Crippen LogP contribution in [0.15, 0.2) is 79.0 Å². The van der Waals surface area contributed by atoms with Crippen molar-refractivity contribution in [1.29, 1.82) is 0 Å². The van der Waals surface area contributed by atoms with Crippen LogP contribution in [-0.2, 0) is 6.54 Å². The lowest BCUT2D eigenvalue weighted by Gasteiger charge is -2.26. The van der Waals surface area contributed by atoms with E-state index in [1.165, 1.54) is 5.56 Å². The number of anilines is 1. The molecular weight excluding hydrogens is 410 g/mol. The molecular formula is C27H29N5O. The maximum Gasteiger partial charge on any atom is 0.251 e. The zero-order valence-corrected chi connectivity index (χ0v) is 18.6. The van der Waals surface area contributed by atoms with Crippen molar-refractivity contribution in [3.63, 3.8) is 0 Å². The van der Waals surface area contributed by atoms with Crippen LogP contribution in [0.25, 0.3) is 16.9 Å². The minimum Gasteiger partial charge on any atom is -0.365 e. The number of nitrogens with two attached hydrogens (primary N) is 1. The molecule has 1 fully saturated rings. The number of hydrogen-bond acceptors (Lipinski definition) is 4. The van der Waals surface area contributed by atoms with Crippen LogP contribution >= 0.6 is 0 Å². The van der Waals surface area contributed by atoms with E-state index in [2.05, 4.69) is 34.9 Å². The van der Waals surface area contributed by atoms with Crippen LogP contribution in [0.5, 0.6) is 0 Å². The fourth-order valence-electron chi connectivity index (χ4n) is 4.47. The Bertz CT molecular complexity index is 1230. The number of pyridine rings is 1. The highest BCUT2D eigenvalue weighted by Crippen LogP contribution is 2.29. The predicted molar refractivity (Wildman–Crippen MR) is 132 cm³/mol. The largest absolute Gasteiger partial charge is 0.365 e. The highest BCUT2D eigenvalue weighted by atomic mass is 16.1. The lowest BCUT2D eigenvalue weighted by molar-refractivity contribution is 0.0926. The molecule has 6 nitrogen and oxygen atoms in total. The van der Waals surface area contributed by atoms with Crippen LogP contribution in [0.1, 0.15) is 41.6 Å². The molecule has 4 N–H and O–H groups in total. The number of amides is 1. The van der Waals surface area contributed by atoms with E-state index in [4.69, 9.17) is 10.7 Å². The molecule has 0 radical (unpaired) electrons. The van der Waals surface area contributed by atoms with E-state index in [1.807, 2.05) is 59.1 Å². The molecule has 33 heavy (non-hydrogen) atoms. The molecule has 0 bridgehead atoms. The average Bonchev–Trinajstić information content (AvgIpc) is 3.23. The Morgan fingerprint density at radius 3 is 2.39 bits per heavy atom. The average molecular weight is 440 g/mol. The van der Waals surface area contributed by atoms with E-state index in [9.17, 15) is 4.79 Å². The van der Waals surface area contributed by atoms with Gasteiger partial charge >= 0.3 is 0 Å². The molecule has 1 saturated carbocycles. The minimum absolute atomic E-state index is 0.0546. The Kier molecular flexibility index (Phi) is 6.09. The highest BCUT2D eigenvalue weighted by Gasteiger charge is 2.21. The van der Waals surface area contributed by atoms with Gasteiger partial charge in [-0.2, -0.15) is 0 Å². The van der Waals surface area contributed by atoms with Crippen molar-refractivity contribution in [1.82, 2.24) is 14.7 Å². The van der Waals surface area contributed by atoms with Gasteiger partial charge in [0.05, 0.1) is 0 Å². The van der Waals surface area contributed by atoms with Crippen LogP contribution in [-0.4, -0.2) is 27.4 Å². The van der Waals surface area contributed by atoms with Crippen LogP contribution in [0, 0.1) is 0 Å². The fraction of sp³-hybridized carbons (Fsp3) is 0.259. The maximum absolute atomic E-state index is 12.9. The van der Waals surface area contributed by atoms with Gasteiger partial charge in [0.25, 0.3) is 5.91 Å². The van der Waals surface area contributed by atoms with Gasteiger partial charge in [-0.1, -0.05) is 60.7 Å². The summed E-state index contributed by atoms with van der Waals surface area (Å²) in [4.78, 5) is 17.8. The molecule has 6 heteroatoms. The Morgan fingerprint density at radius 1 is 0.970 bits per heavy atom. The van der Waals surface area contributed by atoms with Crippen molar-refractivity contribution in [3.05, 3.63) is 90.1 Å². The molecule has 4 aromatic rings. The topological polar surface area (TPSA) is 84.5 Å². The monoisotopic (exact) mass is 439 g/mol. The normalized spacial score (nSPS) is 18.2. The summed E-state index contributed by atoms with van der Waals surface area (Å²) in [6.45, 7) is 0.681. The number of nitrogens with zero attached hydrogens (tertiary/aromatic N) is 2. The maximum atomic E-state index is 12.9. The zero-order valence-electron chi connectivity index (χ0n) is 18.6. The smallest absolute Gasteiger partial charge is 0.251 e. The SMILES string of the molecule is NC1CCC(NC(=O)c2ccn3c(NCc4ccccc4)c(-c4ccccc4)nc3c2)CC1. The van der Waals surface area contributed by atoms with Gasteiger partial charge in [0.15, 0.2) is 0 Å². The summed E-state index contributed by atoms with van der Waals surface area (Å²) in [5.74, 6) is 0.856. The van der Waals surface area contributed by atoms with Crippen molar-refractivity contribution in [2.45, 2.75) is 44.3 Å². The van der Waals surface area contributed by atoms with E-state index in [-0.39, 0.29) is 18.0 Å². The van der Waals surface area contributed by atoms with E-state index in [0.29, 0.717) is 12.1 Å². The number of imidazole rings is 1. The van der Waals surface area contributed by atoms with Crippen LogP contribution in [0.4, 0.5) is 5.82 Å². The number of fused-ring (bicyclic) bond motifs is 1. The summed E-state index contributed by atoms with van der Waals surface area (Å²) in [6.07, 6.45) is 5.71. The third kappa shape index (κ3) is 4.76. The first-order chi connectivity index (χ1) is 16.2. The van der Waals surface area contributed by atoms with Crippen molar-refractivity contribution in [3.8, 4) is 11.3 Å². The molecule has 2 aromatic heterocycles. The fourth-order valence-corrected chi connectivity index (χ4v) is 4.47. The number of carbonyl (C=O) groups excluding carboxylic acids is 1. The van der Waals surface area contributed by atoms with Gasteiger partial charge < -0.3 is 16.4 Å². The number of carbonyl (C=O) groups is 1. The quantitative estimate of drug-likeness (QED) is 0.410. The molecule has 1 aliphatic carbocycles. The first-order valence-electron chi connectivity index (χ1n) is 11.6. The van der Waals surface area contributed by atoms with Crippen LogP contribution < -0.4 is 16.4 Å². The lowest BCUT2D eigenvalue weighted by atomic mass is 9.91. The molecule has 0 atom stereocenters. The van der Waals surface area contributed by atoms with E-state index in [0.717, 1.165) is 48.4 Å². The van der Waals surface area contributed by atoms with Crippen molar-refractivity contribution in [2.75, 3.05) is 5.32 Å². The van der Waals surface area contributed by atoms with Gasteiger partial charge in [-0.05, 0) is 43.4 Å². The third-order valence-corrected chi connectivity index (χ3v) is 6.35. The highest BCUT2D eigenvalue weighted by molar-refractivity contribution is 5.95. The Labute approximate surface area is 193 Å². The molecule has 2 aromatic carbocycles. The first-order valence-corrected chi connectivity index (χ1v) is 11.6. The third-order valence-electron chi connectivity index (χ3n) is 6.35. The number of rotatable bonds is 6. The second kappa shape index (κ2) is 9.46. The summed E-state index contributed by atoms with van der Waals surface area (Å²) in [5.41, 5.74) is 10.4. The number of aromatic nitrogens is 2.